The Balaban J connectivity index is 1.66. The van der Waals surface area contributed by atoms with Crippen molar-refractivity contribution in [2.75, 3.05) is 19.6 Å². The standard InChI is InChI=1S/C14H20N4O/c1-10-12(18-5-3-2-4-14(18)17-10)8-15-6-11-7-16-9-13(11)19/h2-5,11,13,15-16,19H,6-9H2,1H3. The van der Waals surface area contributed by atoms with E-state index in [1.165, 1.54) is 5.69 Å². The second kappa shape index (κ2) is 5.28. The Morgan fingerprint density at radius 3 is 3.16 bits per heavy atom. The van der Waals surface area contributed by atoms with Gasteiger partial charge >= 0.3 is 0 Å². The van der Waals surface area contributed by atoms with Gasteiger partial charge in [0.25, 0.3) is 0 Å². The fraction of sp³-hybridized carbons (Fsp3) is 0.500. The minimum Gasteiger partial charge on any atom is -0.391 e. The first-order valence-electron chi connectivity index (χ1n) is 6.78. The Hall–Kier alpha value is -1.43. The fourth-order valence-corrected chi connectivity index (χ4v) is 2.68. The average molecular weight is 260 g/mol. The van der Waals surface area contributed by atoms with Crippen LogP contribution in [0.2, 0.25) is 0 Å². The van der Waals surface area contributed by atoms with Crippen LogP contribution < -0.4 is 10.6 Å². The van der Waals surface area contributed by atoms with E-state index in [-0.39, 0.29) is 6.10 Å². The van der Waals surface area contributed by atoms with Crippen LogP contribution >= 0.6 is 0 Å². The summed E-state index contributed by atoms with van der Waals surface area (Å²) < 4.78 is 2.12. The molecule has 1 saturated heterocycles. The van der Waals surface area contributed by atoms with Crippen LogP contribution in [0.5, 0.6) is 0 Å². The molecular formula is C14H20N4O. The Morgan fingerprint density at radius 1 is 1.47 bits per heavy atom. The monoisotopic (exact) mass is 260 g/mol. The van der Waals surface area contributed by atoms with Crippen molar-refractivity contribution in [1.29, 1.82) is 0 Å². The number of pyridine rings is 1. The van der Waals surface area contributed by atoms with Crippen LogP contribution in [0.3, 0.4) is 0 Å². The topological polar surface area (TPSA) is 61.6 Å². The Labute approximate surface area is 112 Å². The molecule has 3 N–H and O–H groups in total. The minimum absolute atomic E-state index is 0.226. The Bertz CT molecular complexity index is 566. The van der Waals surface area contributed by atoms with Crippen molar-refractivity contribution in [3.63, 3.8) is 0 Å². The molecule has 0 aliphatic carbocycles. The second-order valence-electron chi connectivity index (χ2n) is 5.19. The van der Waals surface area contributed by atoms with E-state index >= 15 is 0 Å². The summed E-state index contributed by atoms with van der Waals surface area (Å²) in [7, 11) is 0. The van der Waals surface area contributed by atoms with Gasteiger partial charge in [0.15, 0.2) is 0 Å². The first-order valence-corrected chi connectivity index (χ1v) is 6.78. The van der Waals surface area contributed by atoms with Crippen molar-refractivity contribution in [3.05, 3.63) is 35.8 Å². The molecule has 1 fully saturated rings. The van der Waals surface area contributed by atoms with Crippen LogP contribution in [0.1, 0.15) is 11.4 Å². The maximum Gasteiger partial charge on any atom is 0.137 e. The van der Waals surface area contributed by atoms with Crippen LogP contribution in [0.4, 0.5) is 0 Å². The SMILES string of the molecule is Cc1nc2ccccn2c1CNCC1CNCC1O. The van der Waals surface area contributed by atoms with Crippen LogP contribution in [-0.2, 0) is 6.54 Å². The van der Waals surface area contributed by atoms with Crippen molar-refractivity contribution in [2.24, 2.45) is 5.92 Å². The van der Waals surface area contributed by atoms with Gasteiger partial charge in [-0.3, -0.25) is 0 Å². The third-order valence-corrected chi connectivity index (χ3v) is 3.83. The van der Waals surface area contributed by atoms with Gasteiger partial charge in [-0.15, -0.1) is 0 Å². The van der Waals surface area contributed by atoms with E-state index in [2.05, 4.69) is 20.0 Å². The lowest BCUT2D eigenvalue weighted by molar-refractivity contribution is 0.146. The van der Waals surface area contributed by atoms with Crippen LogP contribution in [-0.4, -0.2) is 40.2 Å². The molecular weight excluding hydrogens is 240 g/mol. The number of nitrogens with one attached hydrogen (secondary N) is 2. The molecule has 5 nitrogen and oxygen atoms in total. The van der Waals surface area contributed by atoms with E-state index in [0.29, 0.717) is 12.5 Å². The minimum atomic E-state index is -0.226. The van der Waals surface area contributed by atoms with E-state index in [0.717, 1.165) is 31.0 Å². The van der Waals surface area contributed by atoms with Crippen LogP contribution in [0, 0.1) is 12.8 Å². The van der Waals surface area contributed by atoms with Gasteiger partial charge in [-0.05, 0) is 19.1 Å². The summed E-state index contributed by atoms with van der Waals surface area (Å²) in [5.74, 6) is 0.305. The molecule has 2 aromatic heterocycles. The smallest absolute Gasteiger partial charge is 0.137 e. The molecule has 3 rings (SSSR count). The molecule has 2 unspecified atom stereocenters. The lowest BCUT2D eigenvalue weighted by atomic mass is 10.1. The van der Waals surface area contributed by atoms with Gasteiger partial charge in [-0.25, -0.2) is 4.98 Å². The van der Waals surface area contributed by atoms with Crippen molar-refractivity contribution in [3.8, 4) is 0 Å². The van der Waals surface area contributed by atoms with E-state index in [1.807, 2.05) is 31.3 Å². The molecule has 5 heteroatoms. The van der Waals surface area contributed by atoms with Gasteiger partial charge in [0, 0.05) is 38.3 Å². The molecule has 19 heavy (non-hydrogen) atoms. The highest BCUT2D eigenvalue weighted by molar-refractivity contribution is 5.42. The van der Waals surface area contributed by atoms with Gasteiger partial charge in [0.1, 0.15) is 5.65 Å². The molecule has 2 aromatic rings. The Kier molecular flexibility index (Phi) is 3.50. The zero-order valence-electron chi connectivity index (χ0n) is 11.1. The number of β-amino-alcohol motifs (C(OH)–C–C–N with tert-alkyl or cyclic N) is 1. The highest BCUT2D eigenvalue weighted by Crippen LogP contribution is 2.12. The van der Waals surface area contributed by atoms with Gasteiger partial charge in [-0.2, -0.15) is 0 Å². The maximum atomic E-state index is 9.75. The first kappa shape index (κ1) is 12.6. The van der Waals surface area contributed by atoms with Crippen LogP contribution in [0.15, 0.2) is 24.4 Å². The summed E-state index contributed by atoms with van der Waals surface area (Å²) in [6.07, 6.45) is 1.81. The summed E-state index contributed by atoms with van der Waals surface area (Å²) >= 11 is 0. The molecule has 0 radical (unpaired) electrons. The molecule has 1 aliphatic rings. The maximum absolute atomic E-state index is 9.75. The molecule has 0 aromatic carbocycles. The number of hydrogen-bond donors (Lipinski definition) is 3. The molecule has 0 amide bonds. The number of hydrogen-bond acceptors (Lipinski definition) is 4. The van der Waals surface area contributed by atoms with Crippen LogP contribution in [0.25, 0.3) is 5.65 Å². The summed E-state index contributed by atoms with van der Waals surface area (Å²) in [4.78, 5) is 4.54. The lowest BCUT2D eigenvalue weighted by Gasteiger charge is -2.14. The number of imidazole rings is 1. The van der Waals surface area contributed by atoms with E-state index in [4.69, 9.17) is 0 Å². The van der Waals surface area contributed by atoms with Gasteiger partial charge in [-0.1, -0.05) is 6.07 Å². The average Bonchev–Trinajstić information content (AvgIpc) is 2.94. The Morgan fingerprint density at radius 2 is 2.37 bits per heavy atom. The number of rotatable bonds is 4. The largest absolute Gasteiger partial charge is 0.391 e. The van der Waals surface area contributed by atoms with Crippen molar-refractivity contribution < 1.29 is 5.11 Å². The molecule has 102 valence electrons. The third kappa shape index (κ3) is 2.49. The summed E-state index contributed by atoms with van der Waals surface area (Å²) in [5, 5.41) is 16.4. The number of aliphatic hydroxyl groups excluding tert-OH is 1. The fourth-order valence-electron chi connectivity index (χ4n) is 2.68. The first-order chi connectivity index (χ1) is 9.25. The van der Waals surface area contributed by atoms with Crippen molar-refractivity contribution in [1.82, 2.24) is 20.0 Å². The van der Waals surface area contributed by atoms with Crippen molar-refractivity contribution >= 4 is 5.65 Å². The summed E-state index contributed by atoms with van der Waals surface area (Å²) in [5.41, 5.74) is 3.24. The summed E-state index contributed by atoms with van der Waals surface area (Å²) in [6, 6.07) is 6.03. The quantitative estimate of drug-likeness (QED) is 0.740. The van der Waals surface area contributed by atoms with Gasteiger partial charge < -0.3 is 20.1 Å². The highest BCUT2D eigenvalue weighted by Gasteiger charge is 2.24. The number of aromatic nitrogens is 2. The number of nitrogens with zero attached hydrogens (tertiary/aromatic N) is 2. The van der Waals surface area contributed by atoms with Crippen molar-refractivity contribution in [2.45, 2.75) is 19.6 Å². The molecule has 2 atom stereocenters. The predicted octanol–water partition coefficient (Wildman–Crippen LogP) is 0.313. The third-order valence-electron chi connectivity index (χ3n) is 3.83. The molecule has 1 aliphatic heterocycles. The molecule has 3 heterocycles. The molecule has 0 bridgehead atoms. The predicted molar refractivity (Wildman–Crippen MR) is 74.0 cm³/mol. The van der Waals surface area contributed by atoms with Gasteiger partial charge in [0.05, 0.1) is 17.5 Å². The lowest BCUT2D eigenvalue weighted by Crippen LogP contribution is -2.30. The normalized spacial score (nSPS) is 23.3. The highest BCUT2D eigenvalue weighted by atomic mass is 16.3. The van der Waals surface area contributed by atoms with E-state index < -0.39 is 0 Å². The number of aryl methyl sites for hydroxylation is 1. The van der Waals surface area contributed by atoms with E-state index in [1.54, 1.807) is 0 Å². The van der Waals surface area contributed by atoms with Gasteiger partial charge in [0.2, 0.25) is 0 Å². The zero-order valence-corrected chi connectivity index (χ0v) is 11.1. The van der Waals surface area contributed by atoms with E-state index in [9.17, 15) is 5.11 Å². The summed E-state index contributed by atoms with van der Waals surface area (Å²) in [6.45, 7) is 5.24. The number of aliphatic hydroxyl groups is 1. The second-order valence-corrected chi connectivity index (χ2v) is 5.19. The molecule has 0 spiro atoms. The number of fused-ring (bicyclic) bond motifs is 1. The molecule has 0 saturated carbocycles. The zero-order chi connectivity index (χ0) is 13.2.